The van der Waals surface area contributed by atoms with Crippen molar-refractivity contribution < 1.29 is 8.78 Å². The molecule has 0 spiro atoms. The monoisotopic (exact) mass is 256 g/mol. The van der Waals surface area contributed by atoms with Crippen LogP contribution in [-0.4, -0.2) is 5.92 Å². The summed E-state index contributed by atoms with van der Waals surface area (Å²) in [6.45, 7) is 0.854. The highest BCUT2D eigenvalue weighted by atomic mass is 79.9. The van der Waals surface area contributed by atoms with Crippen LogP contribution in [0.1, 0.15) is 19.8 Å². The molecule has 0 heterocycles. The summed E-state index contributed by atoms with van der Waals surface area (Å²) < 4.78 is 26.4. The molecule has 1 rings (SSSR count). The van der Waals surface area contributed by atoms with E-state index in [4.69, 9.17) is 11.6 Å². The lowest BCUT2D eigenvalue weighted by Crippen LogP contribution is -2.15. The Morgan fingerprint density at radius 3 is 2.50 bits per heavy atom. The lowest BCUT2D eigenvalue weighted by molar-refractivity contribution is 0.0664. The van der Waals surface area contributed by atoms with Crippen molar-refractivity contribution in [1.82, 2.24) is 0 Å². The molecule has 0 nitrogen and oxygen atoms in total. The lowest BCUT2D eigenvalue weighted by Gasteiger charge is -2.18. The van der Waals surface area contributed by atoms with Crippen LogP contribution in [0.4, 0.5) is 8.78 Å². The molecule has 0 amide bonds. The second kappa shape index (κ2) is 3.46. The van der Waals surface area contributed by atoms with Crippen molar-refractivity contribution in [3.8, 4) is 0 Å². The first-order valence-corrected chi connectivity index (χ1v) is 4.71. The van der Waals surface area contributed by atoms with Gasteiger partial charge in [0.1, 0.15) is 0 Å². The van der Waals surface area contributed by atoms with E-state index in [1.807, 2.05) is 0 Å². The maximum Gasteiger partial charge on any atom is 0.271 e. The molecule has 0 radical (unpaired) electrons. The predicted molar refractivity (Wildman–Crippen MR) is 49.7 cm³/mol. The van der Waals surface area contributed by atoms with E-state index >= 15 is 0 Å². The molecule has 0 saturated carbocycles. The van der Waals surface area contributed by atoms with Gasteiger partial charge < -0.3 is 0 Å². The van der Waals surface area contributed by atoms with E-state index in [0.29, 0.717) is 12.8 Å². The summed E-state index contributed by atoms with van der Waals surface area (Å²) in [7, 11) is 0. The molecule has 68 valence electrons. The maximum absolute atomic E-state index is 12.8. The summed E-state index contributed by atoms with van der Waals surface area (Å²) >= 11 is 8.85. The normalized spacial score (nSPS) is 19.6. The van der Waals surface area contributed by atoms with E-state index in [0.717, 1.165) is 11.4 Å². The Bertz CT molecular complexity index is 250. The first kappa shape index (κ1) is 10.2. The minimum atomic E-state index is -2.84. The summed E-state index contributed by atoms with van der Waals surface area (Å²) in [5, 5.41) is 0.269. The van der Waals surface area contributed by atoms with E-state index in [1.54, 1.807) is 0 Å². The van der Waals surface area contributed by atoms with Gasteiger partial charge in [0.25, 0.3) is 5.92 Å². The van der Waals surface area contributed by atoms with Crippen molar-refractivity contribution in [2.24, 2.45) is 0 Å². The zero-order valence-electron chi connectivity index (χ0n) is 6.50. The van der Waals surface area contributed by atoms with Gasteiger partial charge in [-0.3, -0.25) is 0 Å². The highest BCUT2D eigenvalue weighted by Gasteiger charge is 2.30. The second-order valence-electron chi connectivity index (χ2n) is 2.80. The first-order valence-electron chi connectivity index (χ1n) is 3.54. The van der Waals surface area contributed by atoms with E-state index in [2.05, 4.69) is 15.9 Å². The average Bonchev–Trinajstić information content (AvgIpc) is 1.92. The van der Waals surface area contributed by atoms with Gasteiger partial charge >= 0.3 is 0 Å². The molecule has 0 unspecified atom stereocenters. The van der Waals surface area contributed by atoms with Gasteiger partial charge in [0.15, 0.2) is 0 Å². The van der Waals surface area contributed by atoms with E-state index in [9.17, 15) is 8.78 Å². The minimum absolute atomic E-state index is 0.0673. The van der Waals surface area contributed by atoms with E-state index in [1.165, 1.54) is 6.08 Å². The van der Waals surface area contributed by atoms with Crippen molar-refractivity contribution in [1.29, 1.82) is 0 Å². The molecule has 0 aromatic heterocycles. The van der Waals surface area contributed by atoms with Crippen LogP contribution in [0.5, 0.6) is 0 Å². The van der Waals surface area contributed by atoms with Gasteiger partial charge in [-0.05, 0) is 23.4 Å². The average molecular weight is 258 g/mol. The highest BCUT2D eigenvalue weighted by molar-refractivity contribution is 9.11. The third kappa shape index (κ3) is 2.30. The largest absolute Gasteiger partial charge is 0.271 e. The molecule has 1 aliphatic carbocycles. The first-order chi connectivity index (χ1) is 5.41. The Morgan fingerprint density at radius 1 is 1.50 bits per heavy atom. The zero-order chi connectivity index (χ0) is 9.35. The molecule has 0 N–H and O–H groups in total. The molecule has 0 aliphatic heterocycles. The molecule has 4 heteroatoms. The van der Waals surface area contributed by atoms with Crippen molar-refractivity contribution >= 4 is 27.5 Å². The molecule has 1 aliphatic rings. The van der Waals surface area contributed by atoms with Crippen LogP contribution in [0, 0.1) is 0 Å². The molecule has 0 aromatic rings. The van der Waals surface area contributed by atoms with Crippen molar-refractivity contribution in [3.63, 3.8) is 0 Å². The van der Waals surface area contributed by atoms with Gasteiger partial charge in [0, 0.05) is 17.5 Å². The predicted octanol–water partition coefficient (Wildman–Crippen LogP) is 4.21. The number of hydrogen-bond donors (Lipinski definition) is 0. The number of rotatable bonds is 1. The Hall–Kier alpha value is 0.110. The van der Waals surface area contributed by atoms with Crippen molar-refractivity contribution in [3.05, 3.63) is 21.2 Å². The summed E-state index contributed by atoms with van der Waals surface area (Å²) in [6.07, 6.45) is 2.61. The van der Waals surface area contributed by atoms with Crippen LogP contribution in [0.25, 0.3) is 0 Å². The van der Waals surface area contributed by atoms with Crippen LogP contribution in [0.15, 0.2) is 21.2 Å². The van der Waals surface area contributed by atoms with Gasteiger partial charge in [-0.1, -0.05) is 27.5 Å². The van der Waals surface area contributed by atoms with Crippen LogP contribution in [0.3, 0.4) is 0 Å². The van der Waals surface area contributed by atoms with Gasteiger partial charge in [-0.25, -0.2) is 8.78 Å². The van der Waals surface area contributed by atoms with Gasteiger partial charge in [0.2, 0.25) is 0 Å². The number of allylic oxidation sites excluding steroid dienone is 4. The molecule has 12 heavy (non-hydrogen) atoms. The van der Waals surface area contributed by atoms with Crippen LogP contribution >= 0.6 is 27.5 Å². The lowest BCUT2D eigenvalue weighted by atomic mass is 10.0. The van der Waals surface area contributed by atoms with Crippen LogP contribution in [-0.2, 0) is 0 Å². The fraction of sp³-hybridized carbons (Fsp3) is 0.500. The maximum atomic E-state index is 12.8. The Morgan fingerprint density at radius 2 is 2.08 bits per heavy atom. The second-order valence-corrected chi connectivity index (χ2v) is 4.27. The van der Waals surface area contributed by atoms with Gasteiger partial charge in [0.05, 0.1) is 0 Å². The smallest absolute Gasteiger partial charge is 0.202 e. The summed E-state index contributed by atoms with van der Waals surface area (Å²) in [4.78, 5) is 0. The molecule has 0 aromatic carbocycles. The summed E-state index contributed by atoms with van der Waals surface area (Å²) in [5.74, 6) is -2.84. The van der Waals surface area contributed by atoms with Crippen LogP contribution < -0.4 is 0 Å². The third-order valence-corrected chi connectivity index (χ3v) is 2.67. The molecule has 0 bridgehead atoms. The van der Waals surface area contributed by atoms with E-state index < -0.39 is 5.92 Å². The quantitative estimate of drug-likeness (QED) is 0.660. The number of halogens is 4. The Labute approximate surface area is 83.4 Å². The molecule has 0 saturated heterocycles. The molecular weight excluding hydrogens is 249 g/mol. The fourth-order valence-corrected chi connectivity index (χ4v) is 1.78. The molecular formula is C8H8BrClF2. The molecule has 0 fully saturated rings. The van der Waals surface area contributed by atoms with Crippen LogP contribution in [0.2, 0.25) is 0 Å². The summed E-state index contributed by atoms with van der Waals surface area (Å²) in [6, 6.07) is 0. The standard InChI is InChI=1S/C8H8BrClF2/c1-8(11,12)6-4-5(9)2-3-7(6)10/h4H,2-3H2,1H3. The Kier molecular flexibility index (Phi) is 2.94. The van der Waals surface area contributed by atoms with E-state index in [-0.39, 0.29) is 10.6 Å². The van der Waals surface area contributed by atoms with Gasteiger partial charge in [-0.2, -0.15) is 0 Å². The molecule has 0 atom stereocenters. The Balaban J connectivity index is 3.02. The summed E-state index contributed by atoms with van der Waals surface area (Å²) in [5.41, 5.74) is -0.0673. The van der Waals surface area contributed by atoms with Crippen molar-refractivity contribution in [2.45, 2.75) is 25.7 Å². The number of alkyl halides is 2. The number of hydrogen-bond acceptors (Lipinski definition) is 0. The fourth-order valence-electron chi connectivity index (χ4n) is 1.04. The highest BCUT2D eigenvalue weighted by Crippen LogP contribution is 2.37. The minimum Gasteiger partial charge on any atom is -0.202 e. The SMILES string of the molecule is CC(F)(F)C1=C(Cl)CCC(Br)=C1. The third-order valence-electron chi connectivity index (χ3n) is 1.65. The van der Waals surface area contributed by atoms with Gasteiger partial charge in [-0.15, -0.1) is 0 Å². The topological polar surface area (TPSA) is 0 Å². The van der Waals surface area contributed by atoms with Crippen molar-refractivity contribution in [2.75, 3.05) is 0 Å². The zero-order valence-corrected chi connectivity index (χ0v) is 8.85.